The Hall–Kier alpha value is -2.51. The van der Waals surface area contributed by atoms with Crippen molar-refractivity contribution in [2.75, 3.05) is 26.4 Å². The minimum atomic E-state index is -1.98. The van der Waals surface area contributed by atoms with Gasteiger partial charge in [-0.2, -0.15) is 0 Å². The van der Waals surface area contributed by atoms with E-state index in [2.05, 4.69) is 67.8 Å². The summed E-state index contributed by atoms with van der Waals surface area (Å²) in [6, 6.07) is -0.996. The fourth-order valence-corrected chi connectivity index (χ4v) is 11.0. The summed E-state index contributed by atoms with van der Waals surface area (Å²) in [6.07, 6.45) is 32.2. The second-order valence-electron chi connectivity index (χ2n) is 23.9. The highest BCUT2D eigenvalue weighted by atomic mass is 16.8. The largest absolute Gasteiger partial charge is 0.394 e. The van der Waals surface area contributed by atoms with Gasteiger partial charge in [0, 0.05) is 6.42 Å². The molecule has 17 atom stereocenters. The summed E-state index contributed by atoms with van der Waals surface area (Å²) in [5, 5.41) is 120. The van der Waals surface area contributed by atoms with E-state index in [1.54, 1.807) is 6.08 Å². The quantitative estimate of drug-likeness (QED) is 0.0203. The third-order valence-electron chi connectivity index (χ3n) is 16.5. The first kappa shape index (κ1) is 77.7. The predicted molar refractivity (Wildman–Crippen MR) is 332 cm³/mol. The number of rotatable bonds is 50. The number of carbonyl (C=O) groups excluding carboxylic acids is 1. The molecule has 500 valence electrons. The Balaban J connectivity index is 1.39. The minimum absolute atomic E-state index is 0.231. The van der Waals surface area contributed by atoms with Gasteiger partial charge in [-0.3, -0.25) is 4.79 Å². The Morgan fingerprint density at radius 3 is 1.27 bits per heavy atom. The number of allylic oxidation sites excluding steroid dienone is 9. The third kappa shape index (κ3) is 31.5. The molecule has 0 bridgehead atoms. The Morgan fingerprint density at radius 2 is 0.791 bits per heavy atom. The summed E-state index contributed by atoms with van der Waals surface area (Å²) in [6.45, 7) is 1.63. The summed E-state index contributed by atoms with van der Waals surface area (Å²) < 4.78 is 34.2. The Morgan fingerprint density at radius 1 is 0.419 bits per heavy atom. The Kier molecular flexibility index (Phi) is 44.5. The molecule has 3 rings (SSSR count). The fourth-order valence-electron chi connectivity index (χ4n) is 11.0. The number of unbranched alkanes of at least 4 members (excludes halogenated alkanes) is 26. The molecule has 19 heteroatoms. The van der Waals surface area contributed by atoms with Gasteiger partial charge in [0.1, 0.15) is 73.2 Å². The minimum Gasteiger partial charge on any atom is -0.394 e. The van der Waals surface area contributed by atoms with Crippen molar-refractivity contribution in [3.05, 3.63) is 60.8 Å². The molecule has 0 spiro atoms. The van der Waals surface area contributed by atoms with E-state index in [0.717, 1.165) is 51.4 Å². The highest BCUT2D eigenvalue weighted by Crippen LogP contribution is 2.33. The van der Waals surface area contributed by atoms with Crippen LogP contribution in [0.25, 0.3) is 0 Å². The van der Waals surface area contributed by atoms with Crippen molar-refractivity contribution in [2.24, 2.45) is 0 Å². The number of amides is 1. The molecule has 19 nitrogen and oxygen atoms in total. The predicted octanol–water partition coefficient (Wildman–Crippen LogP) is 7.99. The van der Waals surface area contributed by atoms with Gasteiger partial charge >= 0.3 is 0 Å². The van der Waals surface area contributed by atoms with Crippen LogP contribution in [0.3, 0.4) is 0 Å². The second-order valence-corrected chi connectivity index (χ2v) is 23.9. The third-order valence-corrected chi connectivity index (χ3v) is 16.5. The lowest BCUT2D eigenvalue weighted by atomic mass is 9.96. The average molecular weight is 1230 g/mol. The van der Waals surface area contributed by atoms with Gasteiger partial charge in [-0.05, 0) is 70.6 Å². The molecule has 12 N–H and O–H groups in total. The zero-order valence-electron chi connectivity index (χ0n) is 52.5. The summed E-state index contributed by atoms with van der Waals surface area (Å²) in [5.74, 6) is -0.291. The van der Waals surface area contributed by atoms with Gasteiger partial charge in [0.25, 0.3) is 0 Å². The molecule has 0 aliphatic carbocycles. The summed E-state index contributed by atoms with van der Waals surface area (Å²) in [5.41, 5.74) is 0. The zero-order valence-corrected chi connectivity index (χ0v) is 52.5. The van der Waals surface area contributed by atoms with Crippen molar-refractivity contribution in [3.63, 3.8) is 0 Å². The van der Waals surface area contributed by atoms with Gasteiger partial charge in [0.05, 0.1) is 38.6 Å². The fraction of sp³-hybridized carbons (Fsp3) is 0.836. The molecule has 3 aliphatic heterocycles. The highest BCUT2D eigenvalue weighted by Gasteiger charge is 2.53. The van der Waals surface area contributed by atoms with E-state index in [0.29, 0.717) is 12.8 Å². The van der Waals surface area contributed by atoms with Gasteiger partial charge < -0.3 is 89.9 Å². The number of aliphatic hydroxyl groups excluding tert-OH is 11. The van der Waals surface area contributed by atoms with E-state index in [4.69, 9.17) is 28.4 Å². The van der Waals surface area contributed by atoms with Crippen LogP contribution in [0.15, 0.2) is 60.8 Å². The van der Waals surface area contributed by atoms with Crippen LogP contribution in [-0.4, -0.2) is 193 Å². The molecule has 0 saturated carbocycles. The SMILES string of the molecule is CCCC/C=C/CC/C=C/CC/C=C/C(O)C(COC1OC(CO)C(OC2OC(CO)C(OC3OC(CO)C(O)C(O)C3O)C(O)C2O)C(O)C1O)NC(=O)CCCCCCCCCCCCCCCCCCC/C=C\C/C=C\CCCCCCC. The lowest BCUT2D eigenvalue weighted by Gasteiger charge is -2.48. The zero-order chi connectivity index (χ0) is 62.6. The number of aliphatic hydroxyl groups is 11. The van der Waals surface area contributed by atoms with Crippen LogP contribution in [0.2, 0.25) is 0 Å². The molecular weight excluding hydrogens is 1110 g/mol. The normalized spacial score (nSPS) is 29.2. The van der Waals surface area contributed by atoms with Crippen molar-refractivity contribution in [1.82, 2.24) is 5.32 Å². The molecule has 0 radical (unpaired) electrons. The van der Waals surface area contributed by atoms with Crippen LogP contribution in [0.1, 0.15) is 226 Å². The second kappa shape index (κ2) is 49.2. The molecule has 3 heterocycles. The molecule has 86 heavy (non-hydrogen) atoms. The molecule has 0 aromatic rings. The van der Waals surface area contributed by atoms with E-state index in [1.807, 2.05) is 6.08 Å². The molecule has 17 unspecified atom stereocenters. The number of ether oxygens (including phenoxy) is 6. The van der Waals surface area contributed by atoms with E-state index < -0.39 is 124 Å². The standard InChI is InChI=1S/C67H119NO18/c1-3-5-7-9-11-13-15-17-18-19-20-21-22-23-24-25-26-27-28-29-30-31-32-33-35-37-39-41-43-45-55(73)68-50(51(72)44-42-40-38-36-34-16-14-12-10-8-6-4-2)49-81-65-61(79)58(76)63(53(47-70)83-65)86-67-62(80)59(77)64(54(48-71)84-67)85-66-60(78)57(75)56(74)52(46-69)82-66/h10,12,15,17,19-20,34,36,42,44,50-54,56-67,69-72,74-80H,3-9,11,13-14,16,18,21-33,35,37-41,43,45-49H2,1-2H3,(H,68,73)/b12-10+,17-15-,20-19-,36-34+,44-42+. The van der Waals surface area contributed by atoms with E-state index >= 15 is 0 Å². The average Bonchev–Trinajstić information content (AvgIpc) is 3.36. The smallest absolute Gasteiger partial charge is 0.220 e. The van der Waals surface area contributed by atoms with E-state index in [-0.39, 0.29) is 18.9 Å². The van der Waals surface area contributed by atoms with Crippen LogP contribution in [0.4, 0.5) is 0 Å². The topological polar surface area (TPSA) is 307 Å². The molecule has 3 aliphatic rings. The maximum Gasteiger partial charge on any atom is 0.220 e. The van der Waals surface area contributed by atoms with E-state index in [1.165, 1.54) is 141 Å². The van der Waals surface area contributed by atoms with Gasteiger partial charge in [-0.15, -0.1) is 0 Å². The van der Waals surface area contributed by atoms with Crippen molar-refractivity contribution in [1.29, 1.82) is 0 Å². The molecule has 1 amide bonds. The highest BCUT2D eigenvalue weighted by molar-refractivity contribution is 5.76. The summed E-state index contributed by atoms with van der Waals surface area (Å²) in [4.78, 5) is 13.4. The summed E-state index contributed by atoms with van der Waals surface area (Å²) >= 11 is 0. The molecular formula is C67H119NO18. The van der Waals surface area contributed by atoms with Gasteiger partial charge in [0.15, 0.2) is 18.9 Å². The molecule has 3 saturated heterocycles. The van der Waals surface area contributed by atoms with Crippen molar-refractivity contribution >= 4 is 5.91 Å². The van der Waals surface area contributed by atoms with Gasteiger partial charge in [0.2, 0.25) is 5.91 Å². The monoisotopic (exact) mass is 1230 g/mol. The van der Waals surface area contributed by atoms with E-state index in [9.17, 15) is 61.0 Å². The van der Waals surface area contributed by atoms with Crippen LogP contribution < -0.4 is 5.32 Å². The lowest BCUT2D eigenvalue weighted by molar-refractivity contribution is -0.379. The maximum atomic E-state index is 13.4. The van der Waals surface area contributed by atoms with Gasteiger partial charge in [-0.25, -0.2) is 0 Å². The lowest BCUT2D eigenvalue weighted by Crippen LogP contribution is -2.66. The van der Waals surface area contributed by atoms with Crippen molar-refractivity contribution in [2.45, 2.75) is 330 Å². The first-order valence-corrected chi connectivity index (χ1v) is 33.5. The number of carbonyl (C=O) groups is 1. The van der Waals surface area contributed by atoms with Crippen molar-refractivity contribution in [3.8, 4) is 0 Å². The number of nitrogens with one attached hydrogen (secondary N) is 1. The van der Waals surface area contributed by atoms with Crippen LogP contribution in [-0.2, 0) is 33.2 Å². The van der Waals surface area contributed by atoms with Crippen LogP contribution in [0.5, 0.6) is 0 Å². The summed E-state index contributed by atoms with van der Waals surface area (Å²) in [7, 11) is 0. The Labute approximate surface area is 515 Å². The molecule has 0 aromatic carbocycles. The number of hydrogen-bond acceptors (Lipinski definition) is 18. The molecule has 0 aromatic heterocycles. The van der Waals surface area contributed by atoms with Gasteiger partial charge in [-0.1, -0.05) is 209 Å². The first-order valence-electron chi connectivity index (χ1n) is 33.5. The van der Waals surface area contributed by atoms with Crippen LogP contribution >= 0.6 is 0 Å². The maximum absolute atomic E-state index is 13.4. The number of hydrogen-bond donors (Lipinski definition) is 12. The van der Waals surface area contributed by atoms with Crippen molar-refractivity contribution < 1.29 is 89.4 Å². The first-order chi connectivity index (χ1) is 41.8. The van der Waals surface area contributed by atoms with Crippen LogP contribution in [0, 0.1) is 0 Å². The Bertz CT molecular complexity index is 1800. The molecule has 3 fully saturated rings.